The van der Waals surface area contributed by atoms with Crippen molar-refractivity contribution in [3.05, 3.63) is 47.7 Å². The van der Waals surface area contributed by atoms with Crippen molar-refractivity contribution in [2.45, 2.75) is 31.2 Å². The topological polar surface area (TPSA) is 56.0 Å². The summed E-state index contributed by atoms with van der Waals surface area (Å²) in [6.07, 6.45) is 12.6. The zero-order valence-corrected chi connectivity index (χ0v) is 12.4. The van der Waals surface area contributed by atoms with Crippen molar-refractivity contribution < 1.29 is 4.79 Å². The minimum Gasteiger partial charge on any atom is -0.366 e. The summed E-state index contributed by atoms with van der Waals surface area (Å²) >= 11 is 1.44. The molecular formula is C15H20N2OS. The number of rotatable bonds is 6. The third-order valence-corrected chi connectivity index (χ3v) is 3.57. The quantitative estimate of drug-likeness (QED) is 0.639. The highest BCUT2D eigenvalue weighted by atomic mass is 32.2. The molecular weight excluding hydrogens is 256 g/mol. The molecule has 0 aliphatic rings. The molecule has 3 nitrogen and oxygen atoms in total. The molecule has 1 rings (SSSR count). The van der Waals surface area contributed by atoms with Crippen LogP contribution in [0.5, 0.6) is 0 Å². The summed E-state index contributed by atoms with van der Waals surface area (Å²) in [5.74, 6) is -0.238. The number of carbonyl (C=O) groups is 1. The van der Waals surface area contributed by atoms with Gasteiger partial charge in [-0.15, -0.1) is 11.8 Å². The Labute approximate surface area is 119 Å². The van der Waals surface area contributed by atoms with Gasteiger partial charge in [0.25, 0.3) is 5.91 Å². The fraction of sp³-hybridized carbons (Fsp3) is 0.333. The Kier molecular flexibility index (Phi) is 6.36. The molecule has 1 unspecified atom stereocenters. The Morgan fingerprint density at radius 1 is 1.53 bits per heavy atom. The van der Waals surface area contributed by atoms with Gasteiger partial charge in [0.05, 0.1) is 5.56 Å². The zero-order valence-electron chi connectivity index (χ0n) is 11.6. The number of carbonyl (C=O) groups excluding carboxylic acids is 1. The summed E-state index contributed by atoms with van der Waals surface area (Å²) < 4.78 is 0. The fourth-order valence-electron chi connectivity index (χ4n) is 1.94. The van der Waals surface area contributed by atoms with Crippen LogP contribution in [-0.2, 0) is 0 Å². The maximum Gasteiger partial charge on any atom is 0.251 e. The zero-order chi connectivity index (χ0) is 14.3. The van der Waals surface area contributed by atoms with Gasteiger partial charge in [0.1, 0.15) is 5.03 Å². The number of aromatic nitrogens is 1. The van der Waals surface area contributed by atoms with Crippen LogP contribution in [0.1, 0.15) is 42.1 Å². The summed E-state index contributed by atoms with van der Waals surface area (Å²) in [5, 5.41) is 0.697. The van der Waals surface area contributed by atoms with E-state index in [-0.39, 0.29) is 5.92 Å². The summed E-state index contributed by atoms with van der Waals surface area (Å²) in [4.78, 5) is 15.9. The lowest BCUT2D eigenvalue weighted by molar-refractivity contribution is 0.0995. The minimum atomic E-state index is -0.412. The fourth-order valence-corrected chi connectivity index (χ4v) is 2.53. The van der Waals surface area contributed by atoms with Gasteiger partial charge in [-0.2, -0.15) is 0 Å². The summed E-state index contributed by atoms with van der Waals surface area (Å²) in [5.41, 5.74) is 7.01. The highest BCUT2D eigenvalue weighted by Gasteiger charge is 2.18. The van der Waals surface area contributed by atoms with E-state index in [2.05, 4.69) is 18.0 Å². The number of nitrogens with zero attached hydrogens (tertiary/aromatic N) is 1. The van der Waals surface area contributed by atoms with Gasteiger partial charge in [-0.05, 0) is 31.2 Å². The average Bonchev–Trinajstić information content (AvgIpc) is 2.42. The van der Waals surface area contributed by atoms with Gasteiger partial charge in [-0.25, -0.2) is 4.98 Å². The van der Waals surface area contributed by atoms with E-state index in [4.69, 9.17) is 5.73 Å². The number of nitrogens with two attached hydrogens (primary N) is 1. The summed E-state index contributed by atoms with van der Waals surface area (Å²) in [7, 11) is 0. The van der Waals surface area contributed by atoms with Crippen molar-refractivity contribution in [1.29, 1.82) is 0 Å². The molecule has 0 saturated heterocycles. The Balaban J connectivity index is 3.26. The Morgan fingerprint density at radius 3 is 2.79 bits per heavy atom. The van der Waals surface area contributed by atoms with Gasteiger partial charge in [0.15, 0.2) is 0 Å². The molecule has 1 heterocycles. The number of primary amides is 1. The van der Waals surface area contributed by atoms with Gasteiger partial charge in [-0.3, -0.25) is 4.79 Å². The van der Waals surface area contributed by atoms with E-state index in [9.17, 15) is 4.79 Å². The monoisotopic (exact) mass is 276 g/mol. The second-order valence-corrected chi connectivity index (χ2v) is 4.87. The molecule has 1 atom stereocenters. The second-order valence-electron chi connectivity index (χ2n) is 4.07. The van der Waals surface area contributed by atoms with E-state index < -0.39 is 5.91 Å². The molecule has 102 valence electrons. The normalized spacial score (nSPS) is 13.2. The lowest BCUT2D eigenvalue weighted by Crippen LogP contribution is -2.17. The van der Waals surface area contributed by atoms with Crippen LogP contribution >= 0.6 is 11.8 Å². The molecule has 1 amide bonds. The van der Waals surface area contributed by atoms with E-state index in [1.807, 2.05) is 37.5 Å². The first-order valence-corrected chi connectivity index (χ1v) is 7.50. The van der Waals surface area contributed by atoms with Gasteiger partial charge in [-0.1, -0.05) is 31.2 Å². The molecule has 0 aliphatic carbocycles. The van der Waals surface area contributed by atoms with Crippen molar-refractivity contribution in [3.8, 4) is 0 Å². The summed E-state index contributed by atoms with van der Waals surface area (Å²) in [6.45, 7) is 4.06. The Hall–Kier alpha value is -1.55. The molecule has 0 fully saturated rings. The largest absolute Gasteiger partial charge is 0.366 e. The van der Waals surface area contributed by atoms with Crippen LogP contribution in [0, 0.1) is 0 Å². The molecule has 0 radical (unpaired) electrons. The maximum atomic E-state index is 11.7. The van der Waals surface area contributed by atoms with Gasteiger partial charge >= 0.3 is 0 Å². The van der Waals surface area contributed by atoms with Crippen molar-refractivity contribution in [3.63, 3.8) is 0 Å². The van der Waals surface area contributed by atoms with Crippen molar-refractivity contribution in [1.82, 2.24) is 4.98 Å². The molecule has 0 bridgehead atoms. The first-order chi connectivity index (χ1) is 9.15. The maximum absolute atomic E-state index is 11.7. The molecule has 1 aromatic heterocycles. The highest BCUT2D eigenvalue weighted by molar-refractivity contribution is 7.98. The Bertz CT molecular complexity index is 495. The van der Waals surface area contributed by atoms with E-state index in [1.165, 1.54) is 11.8 Å². The number of thioether (sulfide) groups is 1. The minimum absolute atomic E-state index is 0.174. The molecule has 19 heavy (non-hydrogen) atoms. The van der Waals surface area contributed by atoms with Crippen molar-refractivity contribution in [2.24, 2.45) is 5.73 Å². The average molecular weight is 276 g/mol. The summed E-state index contributed by atoms with van der Waals surface area (Å²) in [6, 6.07) is 1.88. The highest BCUT2D eigenvalue weighted by Crippen LogP contribution is 2.29. The van der Waals surface area contributed by atoms with Gasteiger partial charge in [0, 0.05) is 12.1 Å². The third-order valence-electron chi connectivity index (χ3n) is 2.87. The number of hydrogen-bond donors (Lipinski definition) is 1. The molecule has 0 saturated carbocycles. The Morgan fingerprint density at radius 2 is 2.26 bits per heavy atom. The van der Waals surface area contributed by atoms with Gasteiger partial charge < -0.3 is 5.73 Å². The third kappa shape index (κ3) is 3.96. The van der Waals surface area contributed by atoms with E-state index in [0.29, 0.717) is 10.6 Å². The van der Waals surface area contributed by atoms with Crippen molar-refractivity contribution in [2.75, 3.05) is 6.26 Å². The lowest BCUT2D eigenvalue weighted by Gasteiger charge is -2.15. The van der Waals surface area contributed by atoms with E-state index in [0.717, 1.165) is 12.0 Å². The molecule has 0 aromatic carbocycles. The molecule has 0 aliphatic heterocycles. The van der Waals surface area contributed by atoms with Crippen molar-refractivity contribution >= 4 is 17.7 Å². The standard InChI is InChI=1S/C15H20N2OS/c1-4-6-7-8-11(5-2)12-9-10-17-15(19-3)13(12)14(16)18/h4,6-11H,5H2,1-3H3,(H2,16,18)/b6-4+,8-7+. The van der Waals surface area contributed by atoms with Gasteiger partial charge in [0.2, 0.25) is 0 Å². The second kappa shape index (κ2) is 7.79. The number of hydrogen-bond acceptors (Lipinski definition) is 3. The lowest BCUT2D eigenvalue weighted by atomic mass is 9.92. The van der Waals surface area contributed by atoms with Crippen LogP contribution in [0.2, 0.25) is 0 Å². The van der Waals surface area contributed by atoms with Crippen LogP contribution in [0.4, 0.5) is 0 Å². The number of allylic oxidation sites excluding steroid dienone is 4. The SMILES string of the molecule is C/C=C/C=C/C(CC)c1ccnc(SC)c1C(N)=O. The number of pyridine rings is 1. The molecule has 4 heteroatoms. The van der Waals surface area contributed by atoms with Crippen LogP contribution in [0.15, 0.2) is 41.6 Å². The van der Waals surface area contributed by atoms with Crippen LogP contribution in [0.25, 0.3) is 0 Å². The molecule has 2 N–H and O–H groups in total. The predicted molar refractivity (Wildman–Crippen MR) is 81.5 cm³/mol. The van der Waals surface area contributed by atoms with Crippen LogP contribution in [0.3, 0.4) is 0 Å². The smallest absolute Gasteiger partial charge is 0.251 e. The van der Waals surface area contributed by atoms with E-state index >= 15 is 0 Å². The van der Waals surface area contributed by atoms with Crippen LogP contribution < -0.4 is 5.73 Å². The molecule has 1 aromatic rings. The first kappa shape index (κ1) is 15.5. The number of amides is 1. The van der Waals surface area contributed by atoms with E-state index in [1.54, 1.807) is 6.20 Å². The molecule has 0 spiro atoms. The van der Waals surface area contributed by atoms with Crippen LogP contribution in [-0.4, -0.2) is 17.1 Å². The predicted octanol–water partition coefficient (Wildman–Crippen LogP) is 3.53. The first-order valence-electron chi connectivity index (χ1n) is 6.27.